The largest absolute Gasteiger partial charge is 0.420 e. The van der Waals surface area contributed by atoms with Gasteiger partial charge in [-0.1, -0.05) is 12.1 Å². The Morgan fingerprint density at radius 1 is 1.20 bits per heavy atom. The van der Waals surface area contributed by atoms with Crippen molar-refractivity contribution in [3.8, 4) is 11.1 Å². The smallest absolute Gasteiger partial charge is 0.378 e. The Labute approximate surface area is 168 Å². The van der Waals surface area contributed by atoms with Gasteiger partial charge in [0.2, 0.25) is 5.91 Å². The average Bonchev–Trinajstić information content (AvgIpc) is 3.43. The molecule has 2 N–H and O–H groups in total. The van der Waals surface area contributed by atoms with E-state index in [1.54, 1.807) is 37.3 Å². The number of amides is 1. The molecular formula is C21H17F4N3O2. The van der Waals surface area contributed by atoms with Crippen molar-refractivity contribution in [3.05, 3.63) is 54.0 Å². The minimum atomic E-state index is -4.85. The maximum atomic E-state index is 13.1. The zero-order valence-corrected chi connectivity index (χ0v) is 15.7. The van der Waals surface area contributed by atoms with Crippen molar-refractivity contribution in [1.82, 2.24) is 9.97 Å². The SMILES string of the molecule is Cc1ccnc([C@@H](O)C(F)(F)F)c1-c1ccc2cc(NC(=O)[C@@H]3C[C@@H]3F)ncc2c1. The number of carbonyl (C=O) groups is 1. The Kier molecular flexibility index (Phi) is 4.93. The topological polar surface area (TPSA) is 75.1 Å². The molecule has 0 spiro atoms. The minimum Gasteiger partial charge on any atom is -0.378 e. The van der Waals surface area contributed by atoms with Gasteiger partial charge >= 0.3 is 6.18 Å². The third-order valence-corrected chi connectivity index (χ3v) is 5.07. The maximum absolute atomic E-state index is 13.1. The Morgan fingerprint density at radius 3 is 2.60 bits per heavy atom. The molecule has 2 aromatic heterocycles. The van der Waals surface area contributed by atoms with Crippen molar-refractivity contribution in [1.29, 1.82) is 0 Å². The number of aryl methyl sites for hydroxylation is 1. The zero-order valence-electron chi connectivity index (χ0n) is 15.7. The first-order chi connectivity index (χ1) is 14.1. The van der Waals surface area contributed by atoms with Crippen LogP contribution in [0.5, 0.6) is 0 Å². The highest BCUT2D eigenvalue weighted by Gasteiger charge is 2.44. The number of hydrogen-bond acceptors (Lipinski definition) is 4. The van der Waals surface area contributed by atoms with Gasteiger partial charge in [-0.2, -0.15) is 13.2 Å². The van der Waals surface area contributed by atoms with Crippen molar-refractivity contribution in [3.63, 3.8) is 0 Å². The first kappa shape index (κ1) is 20.2. The summed E-state index contributed by atoms with van der Waals surface area (Å²) in [5, 5.41) is 13.6. The summed E-state index contributed by atoms with van der Waals surface area (Å²) >= 11 is 0. The number of pyridine rings is 2. The molecule has 9 heteroatoms. The fraction of sp³-hybridized carbons (Fsp3) is 0.286. The van der Waals surface area contributed by atoms with Crippen LogP contribution in [0.3, 0.4) is 0 Å². The summed E-state index contributed by atoms with van der Waals surface area (Å²) in [6, 6.07) is 8.10. The fourth-order valence-corrected chi connectivity index (χ4v) is 3.34. The summed E-state index contributed by atoms with van der Waals surface area (Å²) in [4.78, 5) is 19.8. The lowest BCUT2D eigenvalue weighted by Crippen LogP contribution is -2.22. The average molecular weight is 419 g/mol. The van der Waals surface area contributed by atoms with Gasteiger partial charge in [0.1, 0.15) is 12.0 Å². The van der Waals surface area contributed by atoms with Crippen LogP contribution in [0.2, 0.25) is 0 Å². The zero-order chi connectivity index (χ0) is 21.6. The lowest BCUT2D eigenvalue weighted by atomic mass is 9.95. The minimum absolute atomic E-state index is 0.198. The Bertz CT molecular complexity index is 1130. The molecule has 156 valence electrons. The van der Waals surface area contributed by atoms with Gasteiger partial charge in [0.25, 0.3) is 0 Å². The van der Waals surface area contributed by atoms with E-state index in [0.29, 0.717) is 21.9 Å². The van der Waals surface area contributed by atoms with E-state index in [0.717, 1.165) is 0 Å². The van der Waals surface area contributed by atoms with Crippen molar-refractivity contribution in [2.45, 2.75) is 31.8 Å². The number of fused-ring (bicyclic) bond motifs is 1. The summed E-state index contributed by atoms with van der Waals surface area (Å²) in [5.74, 6) is -0.801. The van der Waals surface area contributed by atoms with E-state index in [9.17, 15) is 27.5 Å². The number of aliphatic hydroxyl groups excluding tert-OH is 1. The molecule has 0 saturated heterocycles. The molecule has 1 aliphatic carbocycles. The molecule has 5 nitrogen and oxygen atoms in total. The van der Waals surface area contributed by atoms with Crippen LogP contribution < -0.4 is 5.32 Å². The Hall–Kier alpha value is -3.07. The number of aromatic nitrogens is 2. The molecule has 0 unspecified atom stereocenters. The lowest BCUT2D eigenvalue weighted by Gasteiger charge is -2.19. The van der Waals surface area contributed by atoms with Gasteiger partial charge in [0, 0.05) is 23.3 Å². The molecular weight excluding hydrogens is 402 g/mol. The number of aliphatic hydroxyl groups is 1. The molecule has 0 radical (unpaired) electrons. The van der Waals surface area contributed by atoms with E-state index in [2.05, 4.69) is 15.3 Å². The van der Waals surface area contributed by atoms with Gasteiger partial charge in [0.15, 0.2) is 6.10 Å². The van der Waals surface area contributed by atoms with Crippen LogP contribution in [-0.4, -0.2) is 33.3 Å². The summed E-state index contributed by atoms with van der Waals surface area (Å²) in [6.45, 7) is 1.64. The molecule has 1 aromatic carbocycles. The van der Waals surface area contributed by atoms with E-state index in [4.69, 9.17) is 0 Å². The van der Waals surface area contributed by atoms with Gasteiger partial charge in [0.05, 0.1) is 11.6 Å². The van der Waals surface area contributed by atoms with Crippen LogP contribution in [0.15, 0.2) is 42.7 Å². The molecule has 1 aliphatic rings. The summed E-state index contributed by atoms with van der Waals surface area (Å²) in [7, 11) is 0. The van der Waals surface area contributed by atoms with Gasteiger partial charge < -0.3 is 10.4 Å². The number of benzene rings is 1. The number of alkyl halides is 4. The monoisotopic (exact) mass is 419 g/mol. The first-order valence-electron chi connectivity index (χ1n) is 9.20. The number of rotatable bonds is 4. The van der Waals surface area contributed by atoms with E-state index in [-0.39, 0.29) is 17.8 Å². The van der Waals surface area contributed by atoms with Crippen LogP contribution in [-0.2, 0) is 4.79 Å². The van der Waals surface area contributed by atoms with Gasteiger partial charge in [-0.3, -0.25) is 9.78 Å². The first-order valence-corrected chi connectivity index (χ1v) is 9.20. The van der Waals surface area contributed by atoms with E-state index < -0.39 is 36.0 Å². The van der Waals surface area contributed by atoms with E-state index in [1.807, 2.05) is 0 Å². The van der Waals surface area contributed by atoms with Gasteiger partial charge in [-0.05, 0) is 48.1 Å². The molecule has 2 heterocycles. The number of nitrogens with zero attached hydrogens (tertiary/aromatic N) is 2. The fourth-order valence-electron chi connectivity index (χ4n) is 3.34. The van der Waals surface area contributed by atoms with Crippen molar-refractivity contribution in [2.24, 2.45) is 5.92 Å². The molecule has 0 aliphatic heterocycles. The molecule has 30 heavy (non-hydrogen) atoms. The third kappa shape index (κ3) is 3.85. The van der Waals surface area contributed by atoms with Crippen LogP contribution >= 0.6 is 0 Å². The van der Waals surface area contributed by atoms with Crippen LogP contribution in [0, 0.1) is 12.8 Å². The molecule has 0 bridgehead atoms. The van der Waals surface area contributed by atoms with Crippen molar-refractivity contribution in [2.75, 3.05) is 5.32 Å². The predicted molar refractivity (Wildman–Crippen MR) is 102 cm³/mol. The number of nitrogens with one attached hydrogen (secondary N) is 1. The third-order valence-electron chi connectivity index (χ3n) is 5.07. The number of halogens is 4. The highest BCUT2D eigenvalue weighted by atomic mass is 19.4. The summed E-state index contributed by atoms with van der Waals surface area (Å²) < 4.78 is 52.3. The van der Waals surface area contributed by atoms with E-state index in [1.165, 1.54) is 12.4 Å². The number of hydrogen-bond donors (Lipinski definition) is 2. The molecule has 1 amide bonds. The molecule has 1 fully saturated rings. The van der Waals surface area contributed by atoms with Gasteiger partial charge in [-0.15, -0.1) is 0 Å². The number of carbonyl (C=O) groups excluding carboxylic acids is 1. The second kappa shape index (κ2) is 7.32. The maximum Gasteiger partial charge on any atom is 0.420 e. The summed E-state index contributed by atoms with van der Waals surface area (Å²) in [5.41, 5.74) is 0.709. The predicted octanol–water partition coefficient (Wildman–Crippen LogP) is 4.50. The molecule has 3 aromatic rings. The lowest BCUT2D eigenvalue weighted by molar-refractivity contribution is -0.207. The second-order valence-corrected chi connectivity index (χ2v) is 7.31. The van der Waals surface area contributed by atoms with Crippen molar-refractivity contribution < 1.29 is 27.5 Å². The van der Waals surface area contributed by atoms with Gasteiger partial charge in [-0.25, -0.2) is 9.37 Å². The Morgan fingerprint density at radius 2 is 1.93 bits per heavy atom. The highest BCUT2D eigenvalue weighted by molar-refractivity contribution is 5.96. The Balaban J connectivity index is 1.69. The molecule has 4 rings (SSSR count). The van der Waals surface area contributed by atoms with Crippen LogP contribution in [0.1, 0.15) is 23.8 Å². The number of anilines is 1. The standard InChI is InChI=1S/C21H17F4N3O2/c1-10-4-5-26-18(19(29)21(23,24)25)17(10)12-3-2-11-7-16(27-9-13(11)6-12)28-20(30)14-8-15(14)22/h2-7,9,14-15,19,29H,8H2,1H3,(H,27,28,30)/t14-,15+,19-/m1/s1. The second-order valence-electron chi connectivity index (χ2n) is 7.31. The molecule has 3 atom stereocenters. The normalized spacial score (nSPS) is 19.5. The summed E-state index contributed by atoms with van der Waals surface area (Å²) in [6.07, 6.45) is -5.76. The highest BCUT2D eigenvalue weighted by Crippen LogP contribution is 2.39. The van der Waals surface area contributed by atoms with Crippen LogP contribution in [0.4, 0.5) is 23.4 Å². The molecule has 1 saturated carbocycles. The quantitative estimate of drug-likeness (QED) is 0.611. The van der Waals surface area contributed by atoms with Crippen molar-refractivity contribution >= 4 is 22.5 Å². The van der Waals surface area contributed by atoms with E-state index >= 15 is 0 Å². The van der Waals surface area contributed by atoms with Crippen LogP contribution in [0.25, 0.3) is 21.9 Å².